The van der Waals surface area contributed by atoms with Crippen LogP contribution in [0, 0.1) is 5.41 Å². The van der Waals surface area contributed by atoms with E-state index in [1.54, 1.807) is 0 Å². The first-order valence-electron chi connectivity index (χ1n) is 6.53. The molecule has 1 aliphatic rings. The molecule has 1 saturated heterocycles. The van der Waals surface area contributed by atoms with Crippen molar-refractivity contribution in [3.8, 4) is 5.75 Å². The molecule has 0 amide bonds. The molecule has 0 saturated carbocycles. The number of nitrogens with one attached hydrogen (secondary N) is 1. The molecular formula is C15H21NO2. The van der Waals surface area contributed by atoms with Gasteiger partial charge in [-0.05, 0) is 51.1 Å². The van der Waals surface area contributed by atoms with Crippen molar-refractivity contribution in [3.05, 3.63) is 29.8 Å². The maximum absolute atomic E-state index is 12.4. The fourth-order valence-corrected chi connectivity index (χ4v) is 2.32. The highest BCUT2D eigenvalue weighted by atomic mass is 16.5. The summed E-state index contributed by atoms with van der Waals surface area (Å²) in [7, 11) is 0. The molecule has 1 atom stereocenters. The van der Waals surface area contributed by atoms with Gasteiger partial charge in [-0.2, -0.15) is 0 Å². The maximum atomic E-state index is 12.4. The quantitative estimate of drug-likeness (QED) is 0.831. The van der Waals surface area contributed by atoms with Crippen molar-refractivity contribution in [1.82, 2.24) is 5.32 Å². The van der Waals surface area contributed by atoms with Crippen molar-refractivity contribution in [3.63, 3.8) is 0 Å². The number of hydrogen-bond donors (Lipinski definition) is 1. The lowest BCUT2D eigenvalue weighted by atomic mass is 9.81. The number of rotatable bonds is 4. The molecule has 1 aromatic rings. The Morgan fingerprint density at radius 3 is 2.50 bits per heavy atom. The third-order valence-corrected chi connectivity index (χ3v) is 3.41. The second kappa shape index (κ2) is 5.11. The van der Waals surface area contributed by atoms with Gasteiger partial charge in [-0.25, -0.2) is 0 Å². The smallest absolute Gasteiger partial charge is 0.170 e. The molecule has 0 spiro atoms. The highest BCUT2D eigenvalue weighted by molar-refractivity contribution is 6.00. The predicted molar refractivity (Wildman–Crippen MR) is 72.1 cm³/mol. The highest BCUT2D eigenvalue weighted by Crippen LogP contribution is 2.29. The summed E-state index contributed by atoms with van der Waals surface area (Å²) in [5.74, 6) is 1.04. The monoisotopic (exact) mass is 247 g/mol. The van der Waals surface area contributed by atoms with Crippen LogP contribution >= 0.6 is 0 Å². The van der Waals surface area contributed by atoms with Crippen LogP contribution in [0.3, 0.4) is 0 Å². The van der Waals surface area contributed by atoms with Gasteiger partial charge in [0.05, 0.1) is 6.10 Å². The van der Waals surface area contributed by atoms with Gasteiger partial charge in [0, 0.05) is 17.5 Å². The largest absolute Gasteiger partial charge is 0.491 e. The molecule has 0 bridgehead atoms. The van der Waals surface area contributed by atoms with Crippen LogP contribution in [-0.4, -0.2) is 25.0 Å². The van der Waals surface area contributed by atoms with Crippen LogP contribution in [0.1, 0.15) is 37.6 Å². The number of carbonyl (C=O) groups is 1. The summed E-state index contributed by atoms with van der Waals surface area (Å²) in [6.07, 6.45) is 1.07. The summed E-state index contributed by atoms with van der Waals surface area (Å²) >= 11 is 0. The van der Waals surface area contributed by atoms with E-state index in [9.17, 15) is 4.79 Å². The van der Waals surface area contributed by atoms with E-state index in [1.165, 1.54) is 0 Å². The number of hydrogen-bond acceptors (Lipinski definition) is 3. The van der Waals surface area contributed by atoms with Gasteiger partial charge in [-0.1, -0.05) is 6.92 Å². The number of carbonyl (C=O) groups excluding carboxylic acids is 1. The molecule has 18 heavy (non-hydrogen) atoms. The summed E-state index contributed by atoms with van der Waals surface area (Å²) in [4.78, 5) is 12.4. The molecule has 1 aliphatic heterocycles. The average Bonchev–Trinajstić information content (AvgIpc) is 2.77. The third kappa shape index (κ3) is 2.72. The fraction of sp³-hybridized carbons (Fsp3) is 0.533. The number of ketones is 1. The molecular weight excluding hydrogens is 226 g/mol. The molecule has 1 aromatic carbocycles. The van der Waals surface area contributed by atoms with Crippen LogP contribution in [0.25, 0.3) is 0 Å². The first-order valence-corrected chi connectivity index (χ1v) is 6.53. The molecule has 1 unspecified atom stereocenters. The van der Waals surface area contributed by atoms with Crippen molar-refractivity contribution in [2.45, 2.75) is 33.3 Å². The van der Waals surface area contributed by atoms with Crippen molar-refractivity contribution < 1.29 is 9.53 Å². The van der Waals surface area contributed by atoms with Crippen LogP contribution in [0.15, 0.2) is 24.3 Å². The second-order valence-corrected chi connectivity index (χ2v) is 5.51. The minimum absolute atomic E-state index is 0.156. The molecule has 1 N–H and O–H groups in total. The SMILES string of the molecule is CC(C)Oc1ccc(C(=O)C2(C)CCNC2)cc1. The molecule has 0 aliphatic carbocycles. The summed E-state index contributed by atoms with van der Waals surface area (Å²) in [6, 6.07) is 7.48. The minimum atomic E-state index is -0.250. The Morgan fingerprint density at radius 2 is 2.00 bits per heavy atom. The molecule has 3 heteroatoms. The van der Waals surface area contributed by atoms with E-state index in [1.807, 2.05) is 45.0 Å². The summed E-state index contributed by atoms with van der Waals surface area (Å²) in [5, 5.41) is 3.26. The molecule has 0 aromatic heterocycles. The minimum Gasteiger partial charge on any atom is -0.491 e. The van der Waals surface area contributed by atoms with Crippen molar-refractivity contribution in [1.29, 1.82) is 0 Å². The Morgan fingerprint density at radius 1 is 1.33 bits per heavy atom. The molecule has 0 radical (unpaired) electrons. The van der Waals surface area contributed by atoms with Gasteiger partial charge in [0.1, 0.15) is 5.75 Å². The topological polar surface area (TPSA) is 38.3 Å². The van der Waals surface area contributed by atoms with Gasteiger partial charge in [-0.3, -0.25) is 4.79 Å². The Labute approximate surface area is 109 Å². The van der Waals surface area contributed by atoms with Gasteiger partial charge in [0.2, 0.25) is 0 Å². The zero-order valence-electron chi connectivity index (χ0n) is 11.3. The van der Waals surface area contributed by atoms with E-state index in [4.69, 9.17) is 4.74 Å². The third-order valence-electron chi connectivity index (χ3n) is 3.41. The Bertz CT molecular complexity index is 417. The highest BCUT2D eigenvalue weighted by Gasteiger charge is 2.36. The van der Waals surface area contributed by atoms with E-state index >= 15 is 0 Å². The Kier molecular flexibility index (Phi) is 3.71. The summed E-state index contributed by atoms with van der Waals surface area (Å²) in [5.41, 5.74) is 0.526. The number of Topliss-reactive ketones (excluding diaryl/α,β-unsaturated/α-hetero) is 1. The van der Waals surface area contributed by atoms with Crippen LogP contribution < -0.4 is 10.1 Å². The lowest BCUT2D eigenvalue weighted by molar-refractivity contribution is 0.0839. The Balaban J connectivity index is 2.12. The molecule has 98 valence electrons. The Hall–Kier alpha value is -1.35. The van der Waals surface area contributed by atoms with Crippen LogP contribution in [0.2, 0.25) is 0 Å². The average molecular weight is 247 g/mol. The van der Waals surface area contributed by atoms with E-state index < -0.39 is 0 Å². The van der Waals surface area contributed by atoms with Crippen LogP contribution in [-0.2, 0) is 0 Å². The van der Waals surface area contributed by atoms with Gasteiger partial charge >= 0.3 is 0 Å². The summed E-state index contributed by atoms with van der Waals surface area (Å²) in [6.45, 7) is 7.72. The van der Waals surface area contributed by atoms with Gasteiger partial charge < -0.3 is 10.1 Å². The summed E-state index contributed by atoms with van der Waals surface area (Å²) < 4.78 is 5.58. The van der Waals surface area contributed by atoms with E-state index in [0.29, 0.717) is 0 Å². The molecule has 1 fully saturated rings. The molecule has 2 rings (SSSR count). The van der Waals surface area contributed by atoms with E-state index in [0.717, 1.165) is 30.8 Å². The van der Waals surface area contributed by atoms with E-state index in [2.05, 4.69) is 5.32 Å². The number of ether oxygens (including phenoxy) is 1. The first-order chi connectivity index (χ1) is 8.51. The van der Waals surface area contributed by atoms with E-state index in [-0.39, 0.29) is 17.3 Å². The van der Waals surface area contributed by atoms with Crippen LogP contribution in [0.4, 0.5) is 0 Å². The lowest BCUT2D eigenvalue weighted by Crippen LogP contribution is -2.30. The fourth-order valence-electron chi connectivity index (χ4n) is 2.32. The van der Waals surface area contributed by atoms with Crippen molar-refractivity contribution >= 4 is 5.78 Å². The van der Waals surface area contributed by atoms with Gasteiger partial charge in [0.25, 0.3) is 0 Å². The van der Waals surface area contributed by atoms with Crippen molar-refractivity contribution in [2.75, 3.05) is 13.1 Å². The second-order valence-electron chi connectivity index (χ2n) is 5.51. The lowest BCUT2D eigenvalue weighted by Gasteiger charge is -2.21. The molecule has 1 heterocycles. The normalized spacial score (nSPS) is 23.3. The zero-order chi connectivity index (χ0) is 13.2. The standard InChI is InChI=1S/C15H21NO2/c1-11(2)18-13-6-4-12(5-7-13)14(17)15(3)8-9-16-10-15/h4-7,11,16H,8-10H2,1-3H3. The predicted octanol–water partition coefficient (Wildman–Crippen LogP) is 2.66. The zero-order valence-corrected chi connectivity index (χ0v) is 11.3. The molecule has 3 nitrogen and oxygen atoms in total. The van der Waals surface area contributed by atoms with Gasteiger partial charge in [0.15, 0.2) is 5.78 Å². The van der Waals surface area contributed by atoms with Gasteiger partial charge in [-0.15, -0.1) is 0 Å². The van der Waals surface area contributed by atoms with Crippen molar-refractivity contribution in [2.24, 2.45) is 5.41 Å². The first kappa shape index (κ1) is 13.1. The maximum Gasteiger partial charge on any atom is 0.170 e. The van der Waals surface area contributed by atoms with Crippen LogP contribution in [0.5, 0.6) is 5.75 Å². The number of benzene rings is 1.